The van der Waals surface area contributed by atoms with Crippen molar-refractivity contribution in [1.29, 1.82) is 0 Å². The second kappa shape index (κ2) is 6.50. The van der Waals surface area contributed by atoms with Gasteiger partial charge in [-0.3, -0.25) is 0 Å². The van der Waals surface area contributed by atoms with Crippen molar-refractivity contribution in [3.8, 4) is 0 Å². The quantitative estimate of drug-likeness (QED) is 0.854. The van der Waals surface area contributed by atoms with Crippen LogP contribution >= 0.6 is 0 Å². The predicted molar refractivity (Wildman–Crippen MR) is 73.2 cm³/mol. The molecular formula is C14H21N3O2. The first kappa shape index (κ1) is 13.8. The summed E-state index contributed by atoms with van der Waals surface area (Å²) in [5, 5.41) is 11.9. The number of rotatable bonds is 5. The molecule has 0 radical (unpaired) electrons. The molecule has 1 aromatic heterocycles. The zero-order chi connectivity index (χ0) is 13.7. The average molecular weight is 263 g/mol. The van der Waals surface area contributed by atoms with Crippen LogP contribution in [0.4, 0.5) is 5.82 Å². The summed E-state index contributed by atoms with van der Waals surface area (Å²) in [6.07, 6.45) is 9.25. The number of nitrogens with zero attached hydrogens (tertiary/aromatic N) is 2. The fraction of sp³-hybridized carbons (Fsp3) is 0.643. The molecule has 2 rings (SSSR count). The Morgan fingerprint density at radius 3 is 2.63 bits per heavy atom. The minimum Gasteiger partial charge on any atom is -0.476 e. The molecule has 0 atom stereocenters. The first-order chi connectivity index (χ1) is 9.15. The third-order valence-corrected chi connectivity index (χ3v) is 3.87. The number of nitrogens with one attached hydrogen (secondary N) is 1. The van der Waals surface area contributed by atoms with E-state index < -0.39 is 5.97 Å². The lowest BCUT2D eigenvalue weighted by Crippen LogP contribution is -2.16. The Bertz CT molecular complexity index is 411. The van der Waals surface area contributed by atoms with Crippen LogP contribution in [-0.4, -0.2) is 27.6 Å². The molecule has 0 aromatic carbocycles. The average Bonchev–Trinajstić information content (AvgIpc) is 2.41. The number of carboxylic acids is 1. The summed E-state index contributed by atoms with van der Waals surface area (Å²) in [6, 6.07) is 0. The maximum absolute atomic E-state index is 10.6. The fourth-order valence-corrected chi connectivity index (χ4v) is 2.55. The zero-order valence-electron chi connectivity index (χ0n) is 11.3. The van der Waals surface area contributed by atoms with Crippen molar-refractivity contribution < 1.29 is 9.90 Å². The third-order valence-electron chi connectivity index (χ3n) is 3.87. The maximum Gasteiger partial charge on any atom is 0.356 e. The van der Waals surface area contributed by atoms with Gasteiger partial charge in [-0.05, 0) is 18.3 Å². The number of aromatic carboxylic acids is 1. The highest BCUT2D eigenvalue weighted by Gasteiger charge is 2.17. The predicted octanol–water partition coefficient (Wildman–Crippen LogP) is 2.80. The molecule has 1 saturated carbocycles. The summed E-state index contributed by atoms with van der Waals surface area (Å²) in [4.78, 5) is 18.5. The lowest BCUT2D eigenvalue weighted by Gasteiger charge is -2.26. The van der Waals surface area contributed by atoms with E-state index in [-0.39, 0.29) is 5.69 Å². The molecule has 1 aliphatic rings. The second-order valence-electron chi connectivity index (χ2n) is 5.43. The van der Waals surface area contributed by atoms with Crippen molar-refractivity contribution in [2.45, 2.75) is 39.0 Å². The van der Waals surface area contributed by atoms with Gasteiger partial charge in [-0.25, -0.2) is 14.8 Å². The topological polar surface area (TPSA) is 75.1 Å². The second-order valence-corrected chi connectivity index (χ2v) is 5.43. The van der Waals surface area contributed by atoms with E-state index in [4.69, 9.17) is 5.11 Å². The molecule has 0 aliphatic heterocycles. The van der Waals surface area contributed by atoms with Gasteiger partial charge in [-0.2, -0.15) is 0 Å². The third kappa shape index (κ3) is 4.19. The normalized spacial score (nSPS) is 23.0. The largest absolute Gasteiger partial charge is 0.476 e. The number of carboxylic acid groups (broad SMARTS) is 1. The van der Waals surface area contributed by atoms with Crippen LogP contribution in [0.1, 0.15) is 49.5 Å². The maximum atomic E-state index is 10.6. The smallest absolute Gasteiger partial charge is 0.356 e. The Labute approximate surface area is 113 Å². The standard InChI is InChI=1S/C14H21N3O2/c1-10-2-4-11(5-3-10)6-7-15-13-9-16-12(8-17-13)14(18)19/h8-11H,2-7H2,1H3,(H,15,17)(H,18,19). The van der Waals surface area contributed by atoms with E-state index in [1.807, 2.05) is 0 Å². The van der Waals surface area contributed by atoms with E-state index in [1.165, 1.54) is 38.1 Å². The van der Waals surface area contributed by atoms with Gasteiger partial charge in [0, 0.05) is 6.54 Å². The van der Waals surface area contributed by atoms with Crippen LogP contribution < -0.4 is 5.32 Å². The van der Waals surface area contributed by atoms with Crippen LogP contribution in [0.25, 0.3) is 0 Å². The SMILES string of the molecule is CC1CCC(CCNc2cnc(C(=O)O)cn2)CC1. The van der Waals surface area contributed by atoms with Gasteiger partial charge in [0.1, 0.15) is 5.82 Å². The van der Waals surface area contributed by atoms with Gasteiger partial charge in [-0.1, -0.05) is 32.6 Å². The highest BCUT2D eigenvalue weighted by molar-refractivity contribution is 5.84. The minimum absolute atomic E-state index is 0.0215. The van der Waals surface area contributed by atoms with Crippen LogP contribution in [0.2, 0.25) is 0 Å². The Hall–Kier alpha value is -1.65. The molecule has 104 valence electrons. The summed E-state index contributed by atoms with van der Waals surface area (Å²) in [5.74, 6) is 1.30. The molecule has 1 aliphatic carbocycles. The molecule has 0 amide bonds. The summed E-state index contributed by atoms with van der Waals surface area (Å²) < 4.78 is 0. The molecule has 1 heterocycles. The van der Waals surface area contributed by atoms with E-state index >= 15 is 0 Å². The molecule has 0 bridgehead atoms. The molecule has 2 N–H and O–H groups in total. The molecule has 0 saturated heterocycles. The highest BCUT2D eigenvalue weighted by Crippen LogP contribution is 2.30. The molecule has 1 fully saturated rings. The number of anilines is 1. The van der Waals surface area contributed by atoms with Gasteiger partial charge in [0.25, 0.3) is 0 Å². The van der Waals surface area contributed by atoms with E-state index in [2.05, 4.69) is 22.2 Å². The summed E-state index contributed by atoms with van der Waals surface area (Å²) in [5.41, 5.74) is -0.0215. The van der Waals surface area contributed by atoms with Gasteiger partial charge in [0.05, 0.1) is 12.4 Å². The van der Waals surface area contributed by atoms with E-state index in [9.17, 15) is 4.79 Å². The van der Waals surface area contributed by atoms with Crippen LogP contribution in [0, 0.1) is 11.8 Å². The first-order valence-corrected chi connectivity index (χ1v) is 6.94. The molecule has 0 unspecified atom stereocenters. The Morgan fingerprint density at radius 2 is 2.05 bits per heavy atom. The molecule has 0 spiro atoms. The van der Waals surface area contributed by atoms with Gasteiger partial charge in [-0.15, -0.1) is 0 Å². The van der Waals surface area contributed by atoms with Crippen LogP contribution in [-0.2, 0) is 0 Å². The lowest BCUT2D eigenvalue weighted by atomic mass is 9.81. The van der Waals surface area contributed by atoms with E-state index in [0.29, 0.717) is 5.82 Å². The van der Waals surface area contributed by atoms with Crippen molar-refractivity contribution in [1.82, 2.24) is 9.97 Å². The van der Waals surface area contributed by atoms with Crippen molar-refractivity contribution in [3.63, 3.8) is 0 Å². The molecule has 5 nitrogen and oxygen atoms in total. The van der Waals surface area contributed by atoms with E-state index in [0.717, 1.165) is 24.8 Å². The van der Waals surface area contributed by atoms with Crippen molar-refractivity contribution >= 4 is 11.8 Å². The molecule has 19 heavy (non-hydrogen) atoms. The molecular weight excluding hydrogens is 242 g/mol. The fourth-order valence-electron chi connectivity index (χ4n) is 2.55. The van der Waals surface area contributed by atoms with Gasteiger partial charge >= 0.3 is 5.97 Å². The number of hydrogen-bond acceptors (Lipinski definition) is 4. The number of aromatic nitrogens is 2. The zero-order valence-corrected chi connectivity index (χ0v) is 11.3. The molecule has 1 aromatic rings. The van der Waals surface area contributed by atoms with Crippen molar-refractivity contribution in [2.24, 2.45) is 11.8 Å². The van der Waals surface area contributed by atoms with Crippen LogP contribution in [0.5, 0.6) is 0 Å². The van der Waals surface area contributed by atoms with Gasteiger partial charge in [0.2, 0.25) is 0 Å². The summed E-state index contributed by atoms with van der Waals surface area (Å²) >= 11 is 0. The van der Waals surface area contributed by atoms with Crippen LogP contribution in [0.3, 0.4) is 0 Å². The van der Waals surface area contributed by atoms with Gasteiger partial charge < -0.3 is 10.4 Å². The van der Waals surface area contributed by atoms with Crippen molar-refractivity contribution in [3.05, 3.63) is 18.1 Å². The van der Waals surface area contributed by atoms with Crippen LogP contribution in [0.15, 0.2) is 12.4 Å². The number of hydrogen-bond donors (Lipinski definition) is 2. The van der Waals surface area contributed by atoms with Gasteiger partial charge in [0.15, 0.2) is 5.69 Å². The summed E-state index contributed by atoms with van der Waals surface area (Å²) in [7, 11) is 0. The Balaban J connectivity index is 1.72. The van der Waals surface area contributed by atoms with E-state index in [1.54, 1.807) is 0 Å². The Kier molecular flexibility index (Phi) is 4.71. The Morgan fingerprint density at radius 1 is 1.32 bits per heavy atom. The monoisotopic (exact) mass is 263 g/mol. The summed E-state index contributed by atoms with van der Waals surface area (Å²) in [6.45, 7) is 3.20. The number of carbonyl (C=O) groups is 1. The van der Waals surface area contributed by atoms with Crippen molar-refractivity contribution in [2.75, 3.05) is 11.9 Å². The molecule has 5 heteroatoms. The highest BCUT2D eigenvalue weighted by atomic mass is 16.4. The lowest BCUT2D eigenvalue weighted by molar-refractivity contribution is 0.0690. The minimum atomic E-state index is -1.05. The first-order valence-electron chi connectivity index (χ1n) is 6.94.